The van der Waals surface area contributed by atoms with Crippen molar-refractivity contribution in [3.05, 3.63) is 72.0 Å². The zero-order valence-electron chi connectivity index (χ0n) is 14.2. The van der Waals surface area contributed by atoms with E-state index in [1.807, 2.05) is 30.3 Å². The van der Waals surface area contributed by atoms with Crippen molar-refractivity contribution < 1.29 is 9.21 Å². The average Bonchev–Trinajstić information content (AvgIpc) is 3.12. The van der Waals surface area contributed by atoms with E-state index in [2.05, 4.69) is 43.4 Å². The van der Waals surface area contributed by atoms with Gasteiger partial charge in [0.25, 0.3) is 5.91 Å². The Labute approximate surface area is 142 Å². The Bertz CT molecular complexity index is 816. The second-order valence-corrected chi connectivity index (χ2v) is 6.18. The number of hydrogen-bond donors (Lipinski definition) is 1. The SMILES string of the molecule is CCC(CC)(CNC(=O)c1cccc2ccoc12)c1ccccc1. The number of hydrogen-bond acceptors (Lipinski definition) is 2. The lowest BCUT2D eigenvalue weighted by molar-refractivity contribution is 0.0942. The minimum absolute atomic E-state index is 0.0476. The smallest absolute Gasteiger partial charge is 0.255 e. The Balaban J connectivity index is 1.82. The van der Waals surface area contributed by atoms with E-state index in [0.29, 0.717) is 17.7 Å². The lowest BCUT2D eigenvalue weighted by Gasteiger charge is -2.32. The van der Waals surface area contributed by atoms with E-state index in [1.54, 1.807) is 6.26 Å². The standard InChI is InChI=1S/C21H23NO2/c1-3-21(4-2,17-10-6-5-7-11-17)15-22-20(23)18-12-8-9-16-13-14-24-19(16)18/h5-14H,3-4,15H2,1-2H3,(H,22,23). The van der Waals surface area contributed by atoms with Gasteiger partial charge in [0.2, 0.25) is 0 Å². The van der Waals surface area contributed by atoms with E-state index in [1.165, 1.54) is 5.56 Å². The molecule has 1 N–H and O–H groups in total. The first kappa shape index (κ1) is 16.3. The van der Waals surface area contributed by atoms with Gasteiger partial charge in [0, 0.05) is 17.3 Å². The summed E-state index contributed by atoms with van der Waals surface area (Å²) < 4.78 is 5.48. The van der Waals surface area contributed by atoms with Crippen LogP contribution in [0.15, 0.2) is 65.3 Å². The summed E-state index contributed by atoms with van der Waals surface area (Å²) >= 11 is 0. The molecule has 3 nitrogen and oxygen atoms in total. The number of carbonyl (C=O) groups is 1. The fourth-order valence-corrected chi connectivity index (χ4v) is 3.32. The fourth-order valence-electron chi connectivity index (χ4n) is 3.32. The van der Waals surface area contributed by atoms with E-state index in [0.717, 1.165) is 18.2 Å². The number of amides is 1. The Hall–Kier alpha value is -2.55. The molecule has 3 aromatic rings. The lowest BCUT2D eigenvalue weighted by atomic mass is 9.76. The highest BCUT2D eigenvalue weighted by molar-refractivity contribution is 6.04. The molecule has 124 valence electrons. The summed E-state index contributed by atoms with van der Waals surface area (Å²) in [6.45, 7) is 4.96. The summed E-state index contributed by atoms with van der Waals surface area (Å²) in [5.41, 5.74) is 2.46. The zero-order valence-corrected chi connectivity index (χ0v) is 14.2. The number of nitrogens with one attached hydrogen (secondary N) is 1. The third-order valence-electron chi connectivity index (χ3n) is 5.05. The molecule has 0 aliphatic carbocycles. The molecule has 24 heavy (non-hydrogen) atoms. The molecule has 0 spiro atoms. The second kappa shape index (κ2) is 6.91. The first-order valence-corrected chi connectivity index (χ1v) is 8.50. The first-order valence-electron chi connectivity index (χ1n) is 8.50. The molecule has 2 aromatic carbocycles. The predicted octanol–water partition coefficient (Wildman–Crippen LogP) is 4.92. The van der Waals surface area contributed by atoms with Crippen LogP contribution in [0.3, 0.4) is 0 Å². The first-order chi connectivity index (χ1) is 11.7. The Morgan fingerprint density at radius 3 is 2.46 bits per heavy atom. The molecule has 3 heteroatoms. The van der Waals surface area contributed by atoms with Crippen molar-refractivity contribution >= 4 is 16.9 Å². The summed E-state index contributed by atoms with van der Waals surface area (Å²) in [6.07, 6.45) is 3.56. The van der Waals surface area contributed by atoms with Crippen molar-refractivity contribution in [1.29, 1.82) is 0 Å². The summed E-state index contributed by atoms with van der Waals surface area (Å²) in [6, 6.07) is 17.9. The Morgan fingerprint density at radius 2 is 1.75 bits per heavy atom. The monoisotopic (exact) mass is 321 g/mol. The van der Waals surface area contributed by atoms with Gasteiger partial charge in [-0.1, -0.05) is 56.3 Å². The van der Waals surface area contributed by atoms with Gasteiger partial charge in [-0.2, -0.15) is 0 Å². The quantitative estimate of drug-likeness (QED) is 0.700. The Kier molecular flexibility index (Phi) is 4.70. The van der Waals surface area contributed by atoms with Crippen LogP contribution in [0.5, 0.6) is 0 Å². The largest absolute Gasteiger partial charge is 0.464 e. The van der Waals surface area contributed by atoms with Gasteiger partial charge in [0.05, 0.1) is 11.8 Å². The van der Waals surface area contributed by atoms with Crippen molar-refractivity contribution in [3.63, 3.8) is 0 Å². The highest BCUT2D eigenvalue weighted by Crippen LogP contribution is 2.31. The van der Waals surface area contributed by atoms with Gasteiger partial charge in [-0.05, 0) is 30.5 Å². The van der Waals surface area contributed by atoms with E-state index >= 15 is 0 Å². The molecule has 3 rings (SSSR count). The van der Waals surface area contributed by atoms with Crippen molar-refractivity contribution in [2.75, 3.05) is 6.54 Å². The molecule has 0 saturated carbocycles. The fraction of sp³-hybridized carbons (Fsp3) is 0.286. The highest BCUT2D eigenvalue weighted by Gasteiger charge is 2.29. The lowest BCUT2D eigenvalue weighted by Crippen LogP contribution is -2.40. The van der Waals surface area contributed by atoms with E-state index in [-0.39, 0.29) is 11.3 Å². The molecule has 1 amide bonds. The van der Waals surface area contributed by atoms with Crippen molar-refractivity contribution in [2.24, 2.45) is 0 Å². The molecule has 0 aliphatic rings. The van der Waals surface area contributed by atoms with Crippen LogP contribution in [0.2, 0.25) is 0 Å². The summed E-state index contributed by atoms with van der Waals surface area (Å²) in [5.74, 6) is -0.0854. The normalized spacial score (nSPS) is 11.6. The van der Waals surface area contributed by atoms with Gasteiger partial charge >= 0.3 is 0 Å². The minimum atomic E-state index is -0.0854. The van der Waals surface area contributed by atoms with Crippen LogP contribution in [0.4, 0.5) is 0 Å². The van der Waals surface area contributed by atoms with Gasteiger partial charge < -0.3 is 9.73 Å². The van der Waals surface area contributed by atoms with Crippen molar-refractivity contribution in [2.45, 2.75) is 32.1 Å². The molecular formula is C21H23NO2. The van der Waals surface area contributed by atoms with Gasteiger partial charge in [-0.15, -0.1) is 0 Å². The van der Waals surface area contributed by atoms with Crippen LogP contribution in [-0.4, -0.2) is 12.5 Å². The maximum atomic E-state index is 12.7. The van der Waals surface area contributed by atoms with Gasteiger partial charge in [0.1, 0.15) is 5.58 Å². The third kappa shape index (κ3) is 2.94. The average molecular weight is 321 g/mol. The third-order valence-corrected chi connectivity index (χ3v) is 5.05. The predicted molar refractivity (Wildman–Crippen MR) is 97.2 cm³/mol. The summed E-state index contributed by atoms with van der Waals surface area (Å²) in [7, 11) is 0. The topological polar surface area (TPSA) is 42.2 Å². The van der Waals surface area contributed by atoms with E-state index in [4.69, 9.17) is 4.42 Å². The number of para-hydroxylation sites is 1. The molecule has 0 atom stereocenters. The van der Waals surface area contributed by atoms with Crippen molar-refractivity contribution in [3.8, 4) is 0 Å². The van der Waals surface area contributed by atoms with Crippen LogP contribution >= 0.6 is 0 Å². The number of carbonyl (C=O) groups excluding carboxylic acids is 1. The van der Waals surface area contributed by atoms with Crippen molar-refractivity contribution in [1.82, 2.24) is 5.32 Å². The maximum absolute atomic E-state index is 12.7. The number of benzene rings is 2. The number of rotatable bonds is 6. The van der Waals surface area contributed by atoms with E-state index < -0.39 is 0 Å². The highest BCUT2D eigenvalue weighted by atomic mass is 16.3. The van der Waals surface area contributed by atoms with Crippen LogP contribution in [0.25, 0.3) is 11.0 Å². The second-order valence-electron chi connectivity index (χ2n) is 6.18. The minimum Gasteiger partial charge on any atom is -0.464 e. The molecular weight excluding hydrogens is 298 g/mol. The number of furan rings is 1. The molecule has 0 saturated heterocycles. The van der Waals surface area contributed by atoms with Gasteiger partial charge in [0.15, 0.2) is 0 Å². The Morgan fingerprint density at radius 1 is 1.00 bits per heavy atom. The molecule has 0 unspecified atom stereocenters. The molecule has 0 fully saturated rings. The molecule has 0 aliphatic heterocycles. The van der Waals surface area contributed by atoms with E-state index in [9.17, 15) is 4.79 Å². The molecule has 0 bridgehead atoms. The molecule has 0 radical (unpaired) electrons. The maximum Gasteiger partial charge on any atom is 0.255 e. The van der Waals surface area contributed by atoms with Crippen LogP contribution in [0.1, 0.15) is 42.6 Å². The van der Waals surface area contributed by atoms with Gasteiger partial charge in [-0.3, -0.25) is 4.79 Å². The van der Waals surface area contributed by atoms with Crippen LogP contribution < -0.4 is 5.32 Å². The summed E-state index contributed by atoms with van der Waals surface area (Å²) in [4.78, 5) is 12.7. The molecule has 1 heterocycles. The summed E-state index contributed by atoms with van der Waals surface area (Å²) in [5, 5.41) is 4.07. The van der Waals surface area contributed by atoms with Gasteiger partial charge in [-0.25, -0.2) is 0 Å². The van der Waals surface area contributed by atoms with Crippen LogP contribution in [0, 0.1) is 0 Å². The number of fused-ring (bicyclic) bond motifs is 1. The van der Waals surface area contributed by atoms with Crippen LogP contribution in [-0.2, 0) is 5.41 Å². The molecule has 1 aromatic heterocycles. The zero-order chi connectivity index (χ0) is 17.0.